The van der Waals surface area contributed by atoms with Gasteiger partial charge in [0.2, 0.25) is 0 Å². The zero-order chi connectivity index (χ0) is 11.2. The highest BCUT2D eigenvalue weighted by Gasteiger charge is 2.23. The lowest BCUT2D eigenvalue weighted by atomic mass is 9.80. The first-order valence-electron chi connectivity index (χ1n) is 6.79. The van der Waals surface area contributed by atoms with E-state index in [0.29, 0.717) is 6.61 Å². The van der Waals surface area contributed by atoms with Crippen LogP contribution >= 0.6 is 11.8 Å². The third-order valence-electron chi connectivity index (χ3n) is 4.12. The number of rotatable bonds is 4. The van der Waals surface area contributed by atoms with Gasteiger partial charge >= 0.3 is 0 Å². The Morgan fingerprint density at radius 3 is 2.25 bits per heavy atom. The number of hydrogen-bond acceptors (Lipinski definition) is 3. The van der Waals surface area contributed by atoms with Crippen molar-refractivity contribution in [1.29, 1.82) is 0 Å². The van der Waals surface area contributed by atoms with E-state index in [9.17, 15) is 0 Å². The molecule has 0 aromatic rings. The van der Waals surface area contributed by atoms with Crippen molar-refractivity contribution in [3.05, 3.63) is 0 Å². The Kier molecular flexibility index (Phi) is 5.46. The van der Waals surface area contributed by atoms with Gasteiger partial charge in [-0.1, -0.05) is 12.8 Å². The summed E-state index contributed by atoms with van der Waals surface area (Å²) < 4.78 is 0. The van der Waals surface area contributed by atoms with Crippen molar-refractivity contribution in [1.82, 2.24) is 4.90 Å². The Morgan fingerprint density at radius 2 is 1.62 bits per heavy atom. The highest BCUT2D eigenvalue weighted by Crippen LogP contribution is 2.31. The number of aliphatic hydroxyl groups excluding tert-OH is 1. The Morgan fingerprint density at radius 1 is 1.00 bits per heavy atom. The summed E-state index contributed by atoms with van der Waals surface area (Å²) in [4.78, 5) is 2.66. The van der Waals surface area contributed by atoms with Gasteiger partial charge in [0.1, 0.15) is 0 Å². The molecule has 2 rings (SSSR count). The molecule has 16 heavy (non-hydrogen) atoms. The first-order chi connectivity index (χ1) is 7.88. The van der Waals surface area contributed by atoms with E-state index in [2.05, 4.69) is 16.7 Å². The molecule has 1 aliphatic heterocycles. The second-order valence-electron chi connectivity index (χ2n) is 5.31. The van der Waals surface area contributed by atoms with Gasteiger partial charge in [0, 0.05) is 37.7 Å². The summed E-state index contributed by atoms with van der Waals surface area (Å²) in [5.41, 5.74) is 0. The predicted molar refractivity (Wildman–Crippen MR) is 70.9 cm³/mol. The SMILES string of the molecule is OCCC1CCC(CN2CCSCC2)CC1. The fraction of sp³-hybridized carbons (Fsp3) is 1.00. The van der Waals surface area contributed by atoms with Crippen molar-refractivity contribution in [2.75, 3.05) is 37.7 Å². The van der Waals surface area contributed by atoms with Crippen molar-refractivity contribution in [3.8, 4) is 0 Å². The summed E-state index contributed by atoms with van der Waals surface area (Å²) in [7, 11) is 0. The maximum atomic E-state index is 8.93. The van der Waals surface area contributed by atoms with Crippen molar-refractivity contribution in [3.63, 3.8) is 0 Å². The topological polar surface area (TPSA) is 23.5 Å². The van der Waals surface area contributed by atoms with Gasteiger partial charge < -0.3 is 10.0 Å². The van der Waals surface area contributed by atoms with Crippen LogP contribution in [0.1, 0.15) is 32.1 Å². The maximum Gasteiger partial charge on any atom is 0.0433 e. The van der Waals surface area contributed by atoms with E-state index in [-0.39, 0.29) is 0 Å². The Bertz CT molecular complexity index is 186. The first kappa shape index (κ1) is 12.7. The monoisotopic (exact) mass is 243 g/mol. The van der Waals surface area contributed by atoms with Crippen molar-refractivity contribution in [2.45, 2.75) is 32.1 Å². The molecule has 1 saturated carbocycles. The quantitative estimate of drug-likeness (QED) is 0.819. The molecule has 0 radical (unpaired) electrons. The fourth-order valence-electron chi connectivity index (χ4n) is 3.03. The number of hydrogen-bond donors (Lipinski definition) is 1. The summed E-state index contributed by atoms with van der Waals surface area (Å²) in [6.07, 6.45) is 6.54. The van der Waals surface area contributed by atoms with Gasteiger partial charge in [-0.25, -0.2) is 0 Å². The van der Waals surface area contributed by atoms with Gasteiger partial charge in [0.25, 0.3) is 0 Å². The molecule has 0 unspecified atom stereocenters. The summed E-state index contributed by atoms with van der Waals surface area (Å²) in [6, 6.07) is 0. The van der Waals surface area contributed by atoms with Crippen molar-refractivity contribution < 1.29 is 5.11 Å². The maximum absolute atomic E-state index is 8.93. The van der Waals surface area contributed by atoms with Crippen LogP contribution in [-0.4, -0.2) is 47.8 Å². The van der Waals surface area contributed by atoms with Gasteiger partial charge in [-0.3, -0.25) is 0 Å². The highest BCUT2D eigenvalue weighted by atomic mass is 32.2. The van der Waals surface area contributed by atoms with E-state index in [0.717, 1.165) is 18.3 Å². The minimum absolute atomic E-state index is 0.388. The van der Waals surface area contributed by atoms with Gasteiger partial charge in [0.15, 0.2) is 0 Å². The van der Waals surface area contributed by atoms with E-state index in [4.69, 9.17) is 5.11 Å². The van der Waals surface area contributed by atoms with E-state index in [1.807, 2.05) is 0 Å². The van der Waals surface area contributed by atoms with Crippen LogP contribution in [0, 0.1) is 11.8 Å². The normalized spacial score (nSPS) is 32.8. The first-order valence-corrected chi connectivity index (χ1v) is 7.95. The molecule has 2 nitrogen and oxygen atoms in total. The minimum Gasteiger partial charge on any atom is -0.396 e. The molecule has 2 aliphatic rings. The predicted octanol–water partition coefficient (Wildman–Crippen LogP) is 2.22. The molecule has 1 aliphatic carbocycles. The molecule has 0 aromatic heterocycles. The fourth-order valence-corrected chi connectivity index (χ4v) is 4.01. The van der Waals surface area contributed by atoms with Gasteiger partial charge in [-0.05, 0) is 31.1 Å². The second kappa shape index (κ2) is 6.87. The van der Waals surface area contributed by atoms with E-state index >= 15 is 0 Å². The van der Waals surface area contributed by atoms with Gasteiger partial charge in [-0.15, -0.1) is 0 Å². The molecule has 1 saturated heterocycles. The van der Waals surface area contributed by atoms with Crippen LogP contribution in [0.5, 0.6) is 0 Å². The second-order valence-corrected chi connectivity index (χ2v) is 6.54. The number of nitrogens with zero attached hydrogens (tertiary/aromatic N) is 1. The Hall–Kier alpha value is 0.270. The Labute approximate surface area is 104 Å². The third kappa shape index (κ3) is 3.94. The lowest BCUT2D eigenvalue weighted by molar-refractivity contribution is 0.169. The summed E-state index contributed by atoms with van der Waals surface area (Å²) in [6.45, 7) is 4.34. The van der Waals surface area contributed by atoms with Crippen LogP contribution in [0.2, 0.25) is 0 Å². The average Bonchev–Trinajstić information content (AvgIpc) is 2.33. The molecule has 1 heterocycles. The van der Waals surface area contributed by atoms with Crippen molar-refractivity contribution >= 4 is 11.8 Å². The largest absolute Gasteiger partial charge is 0.396 e. The molecule has 2 fully saturated rings. The van der Waals surface area contributed by atoms with Crippen LogP contribution in [0.3, 0.4) is 0 Å². The molecular weight excluding hydrogens is 218 g/mol. The zero-order valence-corrected chi connectivity index (χ0v) is 11.1. The van der Waals surface area contributed by atoms with Crippen LogP contribution in [0.25, 0.3) is 0 Å². The molecule has 1 N–H and O–H groups in total. The average molecular weight is 243 g/mol. The Balaban J connectivity index is 1.64. The molecular formula is C13H25NOS. The molecule has 0 atom stereocenters. The van der Waals surface area contributed by atoms with Crippen LogP contribution in [0.15, 0.2) is 0 Å². The van der Waals surface area contributed by atoms with Gasteiger partial charge in [-0.2, -0.15) is 11.8 Å². The smallest absolute Gasteiger partial charge is 0.0433 e. The zero-order valence-electron chi connectivity index (χ0n) is 10.2. The van der Waals surface area contributed by atoms with E-state index in [1.54, 1.807) is 0 Å². The molecule has 94 valence electrons. The lowest BCUT2D eigenvalue weighted by Crippen LogP contribution is -2.37. The molecule has 0 aromatic carbocycles. The van der Waals surface area contributed by atoms with Gasteiger partial charge in [0.05, 0.1) is 0 Å². The molecule has 0 bridgehead atoms. The van der Waals surface area contributed by atoms with Crippen LogP contribution in [-0.2, 0) is 0 Å². The molecule has 0 spiro atoms. The number of aliphatic hydroxyl groups is 1. The van der Waals surface area contributed by atoms with Crippen molar-refractivity contribution in [2.24, 2.45) is 11.8 Å². The van der Waals surface area contributed by atoms with Crippen LogP contribution < -0.4 is 0 Å². The van der Waals surface area contributed by atoms with Crippen LogP contribution in [0.4, 0.5) is 0 Å². The van der Waals surface area contributed by atoms with E-state index in [1.165, 1.54) is 56.8 Å². The summed E-state index contributed by atoms with van der Waals surface area (Å²) >= 11 is 2.10. The lowest BCUT2D eigenvalue weighted by Gasteiger charge is -2.34. The molecule has 0 amide bonds. The minimum atomic E-state index is 0.388. The third-order valence-corrected chi connectivity index (χ3v) is 5.07. The van der Waals surface area contributed by atoms with E-state index < -0.39 is 0 Å². The number of thioether (sulfide) groups is 1. The molecule has 3 heteroatoms. The summed E-state index contributed by atoms with van der Waals surface area (Å²) in [5.74, 6) is 4.43. The highest BCUT2D eigenvalue weighted by molar-refractivity contribution is 7.99. The summed E-state index contributed by atoms with van der Waals surface area (Å²) in [5, 5.41) is 8.93. The standard InChI is InChI=1S/C13H25NOS/c15-8-5-12-1-3-13(4-2-12)11-14-6-9-16-10-7-14/h12-13,15H,1-11H2.